The van der Waals surface area contributed by atoms with Crippen molar-refractivity contribution in [3.8, 4) is 11.5 Å². The second kappa shape index (κ2) is 4.46. The van der Waals surface area contributed by atoms with Crippen LogP contribution in [0.3, 0.4) is 0 Å². The summed E-state index contributed by atoms with van der Waals surface area (Å²) in [5, 5.41) is 1.12. The van der Waals surface area contributed by atoms with Crippen molar-refractivity contribution in [1.29, 1.82) is 0 Å². The number of hydrogen-bond acceptors (Lipinski definition) is 3. The molecule has 4 heteroatoms. The van der Waals surface area contributed by atoms with Crippen molar-refractivity contribution in [3.05, 3.63) is 24.4 Å². The number of aromatic nitrogens is 1. The van der Waals surface area contributed by atoms with Crippen molar-refractivity contribution < 1.29 is 9.47 Å². The van der Waals surface area contributed by atoms with Crippen LogP contribution < -0.4 is 9.47 Å². The third-order valence-electron chi connectivity index (χ3n) is 3.99. The number of rotatable bonds is 4. The minimum atomic E-state index is 0.575. The molecule has 1 aliphatic carbocycles. The van der Waals surface area contributed by atoms with E-state index in [1.54, 1.807) is 14.2 Å². The third-order valence-corrected chi connectivity index (χ3v) is 3.99. The maximum Gasteiger partial charge on any atom is 0.170 e. The third kappa shape index (κ3) is 1.87. The molecule has 1 saturated carbocycles. The van der Waals surface area contributed by atoms with E-state index in [0.717, 1.165) is 16.9 Å². The molecule has 19 heavy (non-hydrogen) atoms. The molecular weight excluding hydrogens is 240 g/mol. The summed E-state index contributed by atoms with van der Waals surface area (Å²) >= 11 is 0. The molecule has 1 aromatic carbocycles. The smallest absolute Gasteiger partial charge is 0.170 e. The summed E-state index contributed by atoms with van der Waals surface area (Å²) in [6.07, 6.45) is 3.37. The molecule has 102 valence electrons. The molecule has 1 aromatic heterocycles. The molecule has 2 aromatic rings. The number of likely N-dealkylation sites (N-methyl/N-ethyl adjacent to an activating group) is 1. The Hall–Kier alpha value is -1.68. The number of fused-ring (bicyclic) bond motifs is 1. The molecular formula is C15H20N2O2. The average Bonchev–Trinajstić information content (AvgIpc) is 3.10. The monoisotopic (exact) mass is 260 g/mol. The zero-order valence-electron chi connectivity index (χ0n) is 11.9. The van der Waals surface area contributed by atoms with Gasteiger partial charge < -0.3 is 18.9 Å². The van der Waals surface area contributed by atoms with Crippen LogP contribution in [0.5, 0.6) is 11.5 Å². The average molecular weight is 260 g/mol. The predicted octanol–water partition coefficient (Wildman–Crippen LogP) is 2.53. The van der Waals surface area contributed by atoms with Gasteiger partial charge in [-0.3, -0.25) is 0 Å². The van der Waals surface area contributed by atoms with Crippen LogP contribution in [-0.2, 0) is 0 Å². The van der Waals surface area contributed by atoms with Gasteiger partial charge in [-0.15, -0.1) is 0 Å². The molecule has 0 saturated heterocycles. The van der Waals surface area contributed by atoms with Crippen LogP contribution in [-0.4, -0.2) is 43.8 Å². The maximum absolute atomic E-state index is 5.49. The molecule has 2 unspecified atom stereocenters. The Morgan fingerprint density at radius 2 is 1.95 bits per heavy atom. The largest absolute Gasteiger partial charge is 0.493 e. The number of nitrogens with zero attached hydrogens (tertiary/aromatic N) is 2. The van der Waals surface area contributed by atoms with Crippen molar-refractivity contribution in [3.63, 3.8) is 0 Å². The van der Waals surface area contributed by atoms with Crippen LogP contribution in [0.4, 0.5) is 0 Å². The van der Waals surface area contributed by atoms with E-state index in [0.29, 0.717) is 12.1 Å². The fourth-order valence-corrected chi connectivity index (χ4v) is 2.87. The lowest BCUT2D eigenvalue weighted by atomic mass is 10.2. The summed E-state index contributed by atoms with van der Waals surface area (Å²) < 4.78 is 13.2. The standard InChI is InChI=1S/C15H20N2O2/c1-16(2)12-9-13(12)17-8-7-10-11(17)5-6-14(18-3)15(10)19-4/h5-8,12-13H,9H2,1-4H3. The van der Waals surface area contributed by atoms with Crippen LogP contribution in [0.1, 0.15) is 12.5 Å². The first-order valence-electron chi connectivity index (χ1n) is 6.55. The Morgan fingerprint density at radius 1 is 1.16 bits per heavy atom. The fraction of sp³-hybridized carbons (Fsp3) is 0.467. The van der Waals surface area contributed by atoms with Crippen molar-refractivity contribution >= 4 is 10.9 Å². The van der Waals surface area contributed by atoms with Crippen molar-refractivity contribution in [1.82, 2.24) is 9.47 Å². The Bertz CT molecular complexity index is 603. The molecule has 0 N–H and O–H groups in total. The number of methoxy groups -OCH3 is 2. The van der Waals surface area contributed by atoms with E-state index in [1.165, 1.54) is 11.9 Å². The molecule has 1 heterocycles. The number of benzene rings is 1. The van der Waals surface area contributed by atoms with E-state index < -0.39 is 0 Å². The minimum Gasteiger partial charge on any atom is -0.493 e. The molecule has 2 atom stereocenters. The molecule has 0 radical (unpaired) electrons. The highest BCUT2D eigenvalue weighted by molar-refractivity contribution is 5.89. The van der Waals surface area contributed by atoms with Crippen LogP contribution in [0, 0.1) is 0 Å². The zero-order valence-corrected chi connectivity index (χ0v) is 11.9. The second-order valence-electron chi connectivity index (χ2n) is 5.29. The number of hydrogen-bond donors (Lipinski definition) is 0. The van der Waals surface area contributed by atoms with Gasteiger partial charge in [-0.1, -0.05) is 0 Å². The van der Waals surface area contributed by atoms with Crippen LogP contribution in [0.25, 0.3) is 10.9 Å². The normalized spacial score (nSPS) is 21.9. The van der Waals surface area contributed by atoms with Crippen molar-refractivity contribution in [2.75, 3.05) is 28.3 Å². The topological polar surface area (TPSA) is 26.6 Å². The summed E-state index contributed by atoms with van der Waals surface area (Å²) in [6.45, 7) is 0. The summed E-state index contributed by atoms with van der Waals surface area (Å²) in [7, 11) is 7.64. The van der Waals surface area contributed by atoms with E-state index in [4.69, 9.17) is 9.47 Å². The molecule has 1 fully saturated rings. The van der Waals surface area contributed by atoms with Crippen LogP contribution >= 0.6 is 0 Å². The van der Waals surface area contributed by atoms with E-state index in [1.807, 2.05) is 6.07 Å². The Labute approximate surface area is 113 Å². The van der Waals surface area contributed by atoms with Gasteiger partial charge in [0.05, 0.1) is 25.8 Å². The molecule has 1 aliphatic rings. The summed E-state index contributed by atoms with van der Waals surface area (Å²) in [5.74, 6) is 1.61. The van der Waals surface area contributed by atoms with Gasteiger partial charge in [0.1, 0.15) is 0 Å². The van der Waals surface area contributed by atoms with Gasteiger partial charge in [0.2, 0.25) is 0 Å². The maximum atomic E-state index is 5.49. The lowest BCUT2D eigenvalue weighted by Crippen LogP contribution is -2.17. The first-order chi connectivity index (χ1) is 9.17. The Morgan fingerprint density at radius 3 is 2.53 bits per heavy atom. The SMILES string of the molecule is COc1ccc2c(ccn2C2CC2N(C)C)c1OC. The first-order valence-corrected chi connectivity index (χ1v) is 6.55. The van der Waals surface area contributed by atoms with Crippen LogP contribution in [0.15, 0.2) is 24.4 Å². The Balaban J connectivity index is 2.05. The molecule has 3 rings (SSSR count). The first kappa shape index (κ1) is 12.4. The van der Waals surface area contributed by atoms with Gasteiger partial charge in [0, 0.05) is 17.6 Å². The highest BCUT2D eigenvalue weighted by Crippen LogP contribution is 2.44. The highest BCUT2D eigenvalue weighted by atomic mass is 16.5. The highest BCUT2D eigenvalue weighted by Gasteiger charge is 2.40. The molecule has 0 amide bonds. The van der Waals surface area contributed by atoms with E-state index in [-0.39, 0.29) is 0 Å². The number of ether oxygens (including phenoxy) is 2. The van der Waals surface area contributed by atoms with Gasteiger partial charge in [-0.2, -0.15) is 0 Å². The van der Waals surface area contributed by atoms with Gasteiger partial charge in [-0.25, -0.2) is 0 Å². The minimum absolute atomic E-state index is 0.575. The van der Waals surface area contributed by atoms with Crippen molar-refractivity contribution in [2.45, 2.75) is 18.5 Å². The summed E-state index contributed by atoms with van der Waals surface area (Å²) in [6, 6.07) is 7.42. The van der Waals surface area contributed by atoms with Gasteiger partial charge in [0.15, 0.2) is 11.5 Å². The molecule has 0 spiro atoms. The van der Waals surface area contributed by atoms with Gasteiger partial charge in [0.25, 0.3) is 0 Å². The fourth-order valence-electron chi connectivity index (χ4n) is 2.87. The molecule has 4 nitrogen and oxygen atoms in total. The summed E-state index contributed by atoms with van der Waals surface area (Å²) in [5.41, 5.74) is 1.21. The van der Waals surface area contributed by atoms with E-state index in [9.17, 15) is 0 Å². The van der Waals surface area contributed by atoms with E-state index in [2.05, 4.69) is 41.9 Å². The lowest BCUT2D eigenvalue weighted by molar-refractivity contribution is 0.358. The molecule has 0 aliphatic heterocycles. The molecule has 0 bridgehead atoms. The quantitative estimate of drug-likeness (QED) is 0.845. The van der Waals surface area contributed by atoms with Crippen LogP contribution in [0.2, 0.25) is 0 Å². The Kier molecular flexibility index (Phi) is 2.90. The van der Waals surface area contributed by atoms with Gasteiger partial charge in [-0.05, 0) is 38.7 Å². The van der Waals surface area contributed by atoms with E-state index >= 15 is 0 Å². The lowest BCUT2D eigenvalue weighted by Gasteiger charge is -2.12. The summed E-state index contributed by atoms with van der Waals surface area (Å²) in [4.78, 5) is 2.29. The predicted molar refractivity (Wildman–Crippen MR) is 76.2 cm³/mol. The second-order valence-corrected chi connectivity index (χ2v) is 5.29. The zero-order chi connectivity index (χ0) is 13.6. The van der Waals surface area contributed by atoms with Crippen molar-refractivity contribution in [2.24, 2.45) is 0 Å². The van der Waals surface area contributed by atoms with Gasteiger partial charge >= 0.3 is 0 Å².